The maximum Gasteiger partial charge on any atom is 0.289 e. The van der Waals surface area contributed by atoms with Crippen molar-refractivity contribution in [3.8, 4) is 5.75 Å². The molecule has 3 rings (SSSR count). The lowest BCUT2D eigenvalue weighted by Crippen LogP contribution is -2.31. The normalized spacial score (nSPS) is 10.9. The van der Waals surface area contributed by atoms with Gasteiger partial charge in [0.1, 0.15) is 17.9 Å². The molecule has 0 saturated heterocycles. The molecule has 6 heteroatoms. The molecule has 0 spiro atoms. The van der Waals surface area contributed by atoms with Crippen molar-refractivity contribution in [2.45, 2.75) is 5.75 Å². The van der Waals surface area contributed by atoms with Crippen LogP contribution in [0.15, 0.2) is 52.9 Å². The summed E-state index contributed by atoms with van der Waals surface area (Å²) in [4.78, 5) is 14.5. The standard InChI is InChI=1S/C20H20ClNO3S/c1-22(11-12-24-18-10-6-4-8-16(18)21)20(23)19-15(13-26-2)14-7-3-5-9-17(14)25-19/h3-10H,11-13H2,1-2H3. The first-order valence-electron chi connectivity index (χ1n) is 8.24. The summed E-state index contributed by atoms with van der Waals surface area (Å²) in [6, 6.07) is 15.0. The van der Waals surface area contributed by atoms with Crippen LogP contribution in [0.25, 0.3) is 11.0 Å². The molecule has 4 nitrogen and oxygen atoms in total. The number of fused-ring (bicyclic) bond motifs is 1. The Hall–Kier alpha value is -2.11. The first-order chi connectivity index (χ1) is 12.6. The molecule has 0 unspecified atom stereocenters. The number of thioether (sulfide) groups is 1. The molecule has 0 aliphatic rings. The summed E-state index contributed by atoms with van der Waals surface area (Å²) < 4.78 is 11.5. The van der Waals surface area contributed by atoms with E-state index in [1.807, 2.05) is 42.7 Å². The summed E-state index contributed by atoms with van der Waals surface area (Å²) in [7, 11) is 1.74. The van der Waals surface area contributed by atoms with E-state index in [0.717, 1.165) is 22.3 Å². The lowest BCUT2D eigenvalue weighted by molar-refractivity contribution is 0.0743. The van der Waals surface area contributed by atoms with Crippen LogP contribution < -0.4 is 4.74 Å². The second-order valence-electron chi connectivity index (χ2n) is 5.84. The molecule has 0 aliphatic carbocycles. The number of halogens is 1. The Morgan fingerprint density at radius 1 is 1.19 bits per heavy atom. The molecule has 1 heterocycles. The Kier molecular flexibility index (Phi) is 6.12. The molecule has 0 radical (unpaired) electrons. The number of ether oxygens (including phenoxy) is 1. The molecular weight excluding hydrogens is 370 g/mol. The number of nitrogens with zero attached hydrogens (tertiary/aromatic N) is 1. The highest BCUT2D eigenvalue weighted by Gasteiger charge is 2.23. The molecule has 0 saturated carbocycles. The molecule has 0 fully saturated rings. The molecule has 136 valence electrons. The molecule has 3 aromatic rings. The second-order valence-corrected chi connectivity index (χ2v) is 7.12. The van der Waals surface area contributed by atoms with E-state index in [4.69, 9.17) is 20.8 Å². The van der Waals surface area contributed by atoms with Crippen LogP contribution in [-0.4, -0.2) is 37.3 Å². The largest absolute Gasteiger partial charge is 0.490 e. The van der Waals surface area contributed by atoms with Crippen molar-refractivity contribution in [1.82, 2.24) is 4.90 Å². The zero-order valence-corrected chi connectivity index (χ0v) is 16.3. The third-order valence-corrected chi connectivity index (χ3v) is 4.94. The highest BCUT2D eigenvalue weighted by atomic mass is 35.5. The number of likely N-dealkylation sites (N-methyl/N-ethyl adjacent to an activating group) is 1. The maximum atomic E-state index is 12.9. The molecule has 0 N–H and O–H groups in total. The Labute approximate surface area is 162 Å². The summed E-state index contributed by atoms with van der Waals surface area (Å²) in [5, 5.41) is 1.55. The number of carbonyl (C=O) groups is 1. The van der Waals surface area contributed by atoms with Gasteiger partial charge in [-0.3, -0.25) is 4.79 Å². The van der Waals surface area contributed by atoms with E-state index < -0.39 is 0 Å². The SMILES string of the molecule is CSCc1c(C(=O)N(C)CCOc2ccccc2Cl)oc2ccccc12. The number of hydrogen-bond acceptors (Lipinski definition) is 4. The molecule has 0 bridgehead atoms. The van der Waals surface area contributed by atoms with Crippen LogP contribution in [0.2, 0.25) is 5.02 Å². The van der Waals surface area contributed by atoms with Crippen molar-refractivity contribution in [2.24, 2.45) is 0 Å². The van der Waals surface area contributed by atoms with Gasteiger partial charge in [0.2, 0.25) is 0 Å². The van der Waals surface area contributed by atoms with E-state index in [9.17, 15) is 4.79 Å². The van der Waals surface area contributed by atoms with Crippen LogP contribution in [0.1, 0.15) is 16.1 Å². The van der Waals surface area contributed by atoms with Crippen LogP contribution in [-0.2, 0) is 5.75 Å². The lowest BCUT2D eigenvalue weighted by atomic mass is 10.1. The third kappa shape index (κ3) is 4.00. The van der Waals surface area contributed by atoms with Crippen molar-refractivity contribution in [2.75, 3.05) is 26.5 Å². The van der Waals surface area contributed by atoms with E-state index in [1.54, 1.807) is 35.8 Å². The van der Waals surface area contributed by atoms with Gasteiger partial charge < -0.3 is 14.1 Å². The van der Waals surface area contributed by atoms with Crippen LogP contribution in [0.4, 0.5) is 0 Å². The van der Waals surface area contributed by atoms with Gasteiger partial charge >= 0.3 is 0 Å². The number of hydrogen-bond donors (Lipinski definition) is 0. The van der Waals surface area contributed by atoms with Gasteiger partial charge in [-0.05, 0) is 24.5 Å². The fourth-order valence-electron chi connectivity index (χ4n) is 2.69. The second kappa shape index (κ2) is 8.52. The van der Waals surface area contributed by atoms with Gasteiger partial charge in [0, 0.05) is 23.8 Å². The predicted molar refractivity (Wildman–Crippen MR) is 107 cm³/mol. The first-order valence-corrected chi connectivity index (χ1v) is 10.0. The number of benzene rings is 2. The molecule has 1 amide bonds. The van der Waals surface area contributed by atoms with E-state index in [-0.39, 0.29) is 5.91 Å². The zero-order valence-electron chi connectivity index (χ0n) is 14.7. The first kappa shape index (κ1) is 18.7. The fourth-order valence-corrected chi connectivity index (χ4v) is 3.45. The minimum Gasteiger partial charge on any atom is -0.490 e. The molecular formula is C20H20ClNO3S. The average molecular weight is 390 g/mol. The number of para-hydroxylation sites is 2. The predicted octanol–water partition coefficient (Wildman–Crippen LogP) is 5.10. The van der Waals surface area contributed by atoms with Crippen LogP contribution in [0.5, 0.6) is 5.75 Å². The van der Waals surface area contributed by atoms with E-state index >= 15 is 0 Å². The quantitative estimate of drug-likeness (QED) is 0.563. The molecule has 0 aliphatic heterocycles. The minimum absolute atomic E-state index is 0.145. The van der Waals surface area contributed by atoms with Gasteiger partial charge in [0.15, 0.2) is 5.76 Å². The maximum absolute atomic E-state index is 12.9. The molecule has 1 aromatic heterocycles. The van der Waals surface area contributed by atoms with Gasteiger partial charge in [-0.2, -0.15) is 11.8 Å². The Balaban J connectivity index is 1.71. The Morgan fingerprint density at radius 3 is 2.69 bits per heavy atom. The summed E-state index contributed by atoms with van der Waals surface area (Å²) in [5.74, 6) is 1.60. The fraction of sp³-hybridized carbons (Fsp3) is 0.250. The van der Waals surface area contributed by atoms with Crippen molar-refractivity contribution >= 4 is 40.2 Å². The summed E-state index contributed by atoms with van der Waals surface area (Å²) in [5.41, 5.74) is 1.68. The summed E-state index contributed by atoms with van der Waals surface area (Å²) in [6.45, 7) is 0.782. The highest BCUT2D eigenvalue weighted by molar-refractivity contribution is 7.97. The summed E-state index contributed by atoms with van der Waals surface area (Å²) in [6.07, 6.45) is 2.01. The van der Waals surface area contributed by atoms with E-state index in [0.29, 0.717) is 29.7 Å². The highest BCUT2D eigenvalue weighted by Crippen LogP contribution is 2.29. The number of furan rings is 1. The lowest BCUT2D eigenvalue weighted by Gasteiger charge is -2.17. The van der Waals surface area contributed by atoms with Crippen molar-refractivity contribution < 1.29 is 13.9 Å². The molecule has 2 aromatic carbocycles. The number of amides is 1. The number of carbonyl (C=O) groups excluding carboxylic acids is 1. The van der Waals surface area contributed by atoms with Crippen molar-refractivity contribution in [3.05, 3.63) is 64.9 Å². The van der Waals surface area contributed by atoms with Gasteiger partial charge in [-0.1, -0.05) is 41.9 Å². The van der Waals surface area contributed by atoms with Gasteiger partial charge in [0.25, 0.3) is 5.91 Å². The Morgan fingerprint density at radius 2 is 1.92 bits per heavy atom. The molecule has 26 heavy (non-hydrogen) atoms. The van der Waals surface area contributed by atoms with Crippen molar-refractivity contribution in [3.63, 3.8) is 0 Å². The van der Waals surface area contributed by atoms with Crippen LogP contribution in [0, 0.1) is 0 Å². The van der Waals surface area contributed by atoms with Gasteiger partial charge in [-0.15, -0.1) is 0 Å². The third-order valence-electron chi connectivity index (χ3n) is 4.05. The smallest absolute Gasteiger partial charge is 0.289 e. The average Bonchev–Trinajstić information content (AvgIpc) is 3.01. The summed E-state index contributed by atoms with van der Waals surface area (Å²) >= 11 is 7.74. The van der Waals surface area contributed by atoms with Gasteiger partial charge in [0.05, 0.1) is 11.6 Å². The van der Waals surface area contributed by atoms with E-state index in [2.05, 4.69) is 0 Å². The van der Waals surface area contributed by atoms with Crippen LogP contribution >= 0.6 is 23.4 Å². The van der Waals surface area contributed by atoms with Crippen LogP contribution in [0.3, 0.4) is 0 Å². The van der Waals surface area contributed by atoms with Gasteiger partial charge in [-0.25, -0.2) is 0 Å². The monoisotopic (exact) mass is 389 g/mol. The minimum atomic E-state index is -0.145. The van der Waals surface area contributed by atoms with Crippen molar-refractivity contribution in [1.29, 1.82) is 0 Å². The Bertz CT molecular complexity index is 909. The number of rotatable bonds is 7. The topological polar surface area (TPSA) is 42.7 Å². The zero-order chi connectivity index (χ0) is 18.5. The van der Waals surface area contributed by atoms with E-state index in [1.165, 1.54) is 0 Å². The molecule has 0 atom stereocenters.